The van der Waals surface area contributed by atoms with Crippen molar-refractivity contribution >= 4 is 9.52 Å². The number of rotatable bonds is 5. The van der Waals surface area contributed by atoms with E-state index < -0.39 is 0 Å². The number of ether oxygens (including phenoxy) is 1. The summed E-state index contributed by atoms with van der Waals surface area (Å²) in [5, 5.41) is 0. The second-order valence-corrected chi connectivity index (χ2v) is 3.66. The normalized spacial score (nSPS) is 12.2. The van der Waals surface area contributed by atoms with E-state index in [0.717, 1.165) is 13.2 Å². The van der Waals surface area contributed by atoms with Crippen LogP contribution in [-0.4, -0.2) is 22.7 Å². The molecule has 1 nitrogen and oxygen atoms in total. The average molecular weight is 144 g/mol. The van der Waals surface area contributed by atoms with Gasteiger partial charge in [-0.2, -0.15) is 0 Å². The summed E-state index contributed by atoms with van der Waals surface area (Å²) in [6.07, 6.45) is 2.14. The molecule has 54 valence electrons. The van der Waals surface area contributed by atoms with E-state index in [1.165, 1.54) is 6.04 Å². The summed E-state index contributed by atoms with van der Waals surface area (Å²) in [4.78, 5) is 0. The largest absolute Gasteiger partial charge is 0.382 e. The van der Waals surface area contributed by atoms with Crippen molar-refractivity contribution in [3.05, 3.63) is 11.8 Å². The van der Waals surface area contributed by atoms with E-state index in [0.29, 0.717) is 0 Å². The molecule has 0 aromatic carbocycles. The molecular formula is C7H16OSi. The molecule has 0 aliphatic heterocycles. The highest BCUT2D eigenvalue weighted by Crippen LogP contribution is 1.82. The molecular weight excluding hydrogens is 128 g/mol. The maximum absolute atomic E-state index is 5.18. The van der Waals surface area contributed by atoms with Crippen LogP contribution in [0.2, 0.25) is 6.04 Å². The topological polar surface area (TPSA) is 9.23 Å². The summed E-state index contributed by atoms with van der Waals surface area (Å²) in [7, 11) is 0.0854. The first kappa shape index (κ1) is 8.92. The molecule has 0 aliphatic carbocycles. The van der Waals surface area contributed by atoms with Crippen LogP contribution in [0, 0.1) is 0 Å². The van der Waals surface area contributed by atoms with E-state index in [9.17, 15) is 0 Å². The second kappa shape index (κ2) is 7.92. The van der Waals surface area contributed by atoms with Crippen LogP contribution in [-0.2, 0) is 4.74 Å². The van der Waals surface area contributed by atoms with Gasteiger partial charge in [-0.25, -0.2) is 0 Å². The molecule has 0 amide bonds. The van der Waals surface area contributed by atoms with E-state index in [1.54, 1.807) is 0 Å². The Kier molecular flexibility index (Phi) is 7.84. The summed E-state index contributed by atoms with van der Waals surface area (Å²) in [5.41, 5.74) is 2.30. The van der Waals surface area contributed by atoms with Gasteiger partial charge in [-0.1, -0.05) is 6.08 Å². The van der Waals surface area contributed by atoms with Crippen molar-refractivity contribution in [2.75, 3.05) is 13.2 Å². The Morgan fingerprint density at radius 1 is 1.56 bits per heavy atom. The smallest absolute Gasteiger partial charge is 0.0472 e. The van der Waals surface area contributed by atoms with Crippen LogP contribution in [0.15, 0.2) is 11.8 Å². The molecule has 0 fully saturated rings. The highest BCUT2D eigenvalue weighted by Gasteiger charge is 1.82. The lowest BCUT2D eigenvalue weighted by Gasteiger charge is -1.95. The predicted octanol–water partition coefficient (Wildman–Crippen LogP) is 1.14. The Bertz CT molecular complexity index is 71.3. The standard InChI is InChI=1S/C7H16OSi/c1-3-6-9-7-5-8-4-2/h3,6H,4-5,7,9H2,1-2H3. The molecule has 0 saturated carbocycles. The third kappa shape index (κ3) is 7.92. The zero-order chi connectivity index (χ0) is 6.95. The predicted molar refractivity (Wildman–Crippen MR) is 44.7 cm³/mol. The van der Waals surface area contributed by atoms with Crippen molar-refractivity contribution in [1.82, 2.24) is 0 Å². The van der Waals surface area contributed by atoms with Gasteiger partial charge in [-0.05, 0) is 19.9 Å². The lowest BCUT2D eigenvalue weighted by atomic mass is 10.8. The lowest BCUT2D eigenvalue weighted by molar-refractivity contribution is 0.162. The van der Waals surface area contributed by atoms with Gasteiger partial charge in [0.05, 0.1) is 0 Å². The molecule has 0 aromatic heterocycles. The summed E-state index contributed by atoms with van der Waals surface area (Å²) in [6.45, 7) is 5.95. The minimum absolute atomic E-state index is 0.0854. The van der Waals surface area contributed by atoms with Gasteiger partial charge in [-0.3, -0.25) is 0 Å². The molecule has 0 saturated heterocycles. The quantitative estimate of drug-likeness (QED) is 0.415. The minimum Gasteiger partial charge on any atom is -0.382 e. The highest BCUT2D eigenvalue weighted by molar-refractivity contribution is 6.41. The summed E-state index contributed by atoms with van der Waals surface area (Å²) < 4.78 is 5.18. The van der Waals surface area contributed by atoms with Crippen molar-refractivity contribution in [1.29, 1.82) is 0 Å². The van der Waals surface area contributed by atoms with Crippen LogP contribution in [0.3, 0.4) is 0 Å². The monoisotopic (exact) mass is 144 g/mol. The van der Waals surface area contributed by atoms with Crippen molar-refractivity contribution < 1.29 is 4.74 Å². The van der Waals surface area contributed by atoms with Crippen LogP contribution in [0.25, 0.3) is 0 Å². The summed E-state index contributed by atoms with van der Waals surface area (Å²) >= 11 is 0. The SMILES string of the molecule is CC=C[SiH2]CCOCC. The van der Waals surface area contributed by atoms with Gasteiger partial charge < -0.3 is 4.74 Å². The maximum atomic E-state index is 5.18. The van der Waals surface area contributed by atoms with Crippen molar-refractivity contribution in [3.63, 3.8) is 0 Å². The van der Waals surface area contributed by atoms with E-state index in [1.807, 2.05) is 6.92 Å². The number of hydrogen-bond acceptors (Lipinski definition) is 1. The third-order valence-corrected chi connectivity index (χ3v) is 2.60. The van der Waals surface area contributed by atoms with Crippen LogP contribution in [0.5, 0.6) is 0 Å². The van der Waals surface area contributed by atoms with Crippen LogP contribution < -0.4 is 0 Å². The first-order valence-corrected chi connectivity index (χ1v) is 5.42. The van der Waals surface area contributed by atoms with E-state index in [-0.39, 0.29) is 9.52 Å². The molecule has 9 heavy (non-hydrogen) atoms. The molecule has 0 heterocycles. The van der Waals surface area contributed by atoms with Gasteiger partial charge >= 0.3 is 0 Å². The third-order valence-electron chi connectivity index (χ3n) is 1.10. The molecule has 0 rings (SSSR count). The van der Waals surface area contributed by atoms with Gasteiger partial charge in [-0.15, -0.1) is 5.70 Å². The fourth-order valence-corrected chi connectivity index (χ4v) is 1.55. The van der Waals surface area contributed by atoms with E-state index >= 15 is 0 Å². The average Bonchev–Trinajstić information content (AvgIpc) is 1.89. The number of allylic oxidation sites excluding steroid dienone is 1. The van der Waals surface area contributed by atoms with E-state index in [2.05, 4.69) is 18.7 Å². The Morgan fingerprint density at radius 2 is 2.33 bits per heavy atom. The molecule has 0 aromatic rings. The van der Waals surface area contributed by atoms with Crippen LogP contribution in [0.1, 0.15) is 13.8 Å². The van der Waals surface area contributed by atoms with Crippen molar-refractivity contribution in [2.45, 2.75) is 19.9 Å². The molecule has 0 spiro atoms. The Morgan fingerprint density at radius 3 is 2.89 bits per heavy atom. The summed E-state index contributed by atoms with van der Waals surface area (Å²) in [5.74, 6) is 0. The van der Waals surface area contributed by atoms with Gasteiger partial charge in [0.1, 0.15) is 0 Å². The Labute approximate surface area is 59.9 Å². The van der Waals surface area contributed by atoms with Crippen molar-refractivity contribution in [3.8, 4) is 0 Å². The van der Waals surface area contributed by atoms with Crippen LogP contribution >= 0.6 is 0 Å². The highest BCUT2D eigenvalue weighted by atomic mass is 28.2. The van der Waals surface area contributed by atoms with Crippen molar-refractivity contribution in [2.24, 2.45) is 0 Å². The molecule has 2 heteroatoms. The van der Waals surface area contributed by atoms with Gasteiger partial charge in [0, 0.05) is 22.7 Å². The zero-order valence-corrected chi connectivity index (χ0v) is 7.81. The minimum atomic E-state index is 0.0854. The van der Waals surface area contributed by atoms with E-state index in [4.69, 9.17) is 4.74 Å². The molecule has 0 unspecified atom stereocenters. The van der Waals surface area contributed by atoms with Gasteiger partial charge in [0.15, 0.2) is 0 Å². The molecule has 0 radical (unpaired) electrons. The first-order chi connectivity index (χ1) is 4.41. The first-order valence-electron chi connectivity index (χ1n) is 3.60. The zero-order valence-electron chi connectivity index (χ0n) is 6.39. The number of hydrogen-bond donors (Lipinski definition) is 0. The van der Waals surface area contributed by atoms with Crippen LogP contribution in [0.4, 0.5) is 0 Å². The maximum Gasteiger partial charge on any atom is 0.0472 e. The lowest BCUT2D eigenvalue weighted by Crippen LogP contribution is -1.95. The Balaban J connectivity index is 2.75. The fraction of sp³-hybridized carbons (Fsp3) is 0.714. The van der Waals surface area contributed by atoms with Gasteiger partial charge in [0.25, 0.3) is 0 Å². The second-order valence-electron chi connectivity index (χ2n) is 1.91. The Hall–Kier alpha value is -0.0831. The molecule has 0 N–H and O–H groups in total. The molecule has 0 atom stereocenters. The van der Waals surface area contributed by atoms with Gasteiger partial charge in [0.2, 0.25) is 0 Å². The molecule has 0 bridgehead atoms. The summed E-state index contributed by atoms with van der Waals surface area (Å²) in [6, 6.07) is 1.29. The molecule has 0 aliphatic rings. The fourth-order valence-electron chi connectivity index (χ4n) is 0.614.